The summed E-state index contributed by atoms with van der Waals surface area (Å²) in [6.45, 7) is 1.70. The molecule has 0 radical (unpaired) electrons. The van der Waals surface area contributed by atoms with Gasteiger partial charge in [-0.3, -0.25) is 4.79 Å². The number of fused-ring (bicyclic) bond motifs is 1. The molecule has 2 aliphatic rings. The number of nitrogens with one attached hydrogen (secondary N) is 1. The van der Waals surface area contributed by atoms with Gasteiger partial charge in [-0.1, -0.05) is 30.3 Å². The lowest BCUT2D eigenvalue weighted by Gasteiger charge is -2.32. The molecule has 0 bridgehead atoms. The van der Waals surface area contributed by atoms with Crippen LogP contribution in [0, 0.1) is 0 Å². The van der Waals surface area contributed by atoms with E-state index in [4.69, 9.17) is 14.2 Å². The van der Waals surface area contributed by atoms with Gasteiger partial charge in [0.25, 0.3) is 0 Å². The lowest BCUT2D eigenvalue weighted by Crippen LogP contribution is -2.40. The number of carbonyl (C=O) groups excluding carboxylic acids is 2. The first-order chi connectivity index (χ1) is 13.6. The number of hydrogen-bond acceptors (Lipinski definition) is 5. The maximum atomic E-state index is 12.4. The second kappa shape index (κ2) is 7.76. The molecule has 1 amide bonds. The van der Waals surface area contributed by atoms with Crippen LogP contribution in [0.2, 0.25) is 0 Å². The van der Waals surface area contributed by atoms with Crippen LogP contribution in [0.25, 0.3) is 0 Å². The third-order valence-electron chi connectivity index (χ3n) is 4.92. The molecule has 0 unspecified atom stereocenters. The fraction of sp³-hybridized carbons (Fsp3) is 0.273. The van der Waals surface area contributed by atoms with E-state index in [0.29, 0.717) is 23.5 Å². The van der Waals surface area contributed by atoms with E-state index in [9.17, 15) is 9.59 Å². The highest BCUT2D eigenvalue weighted by molar-refractivity contribution is 5.89. The van der Waals surface area contributed by atoms with Crippen LogP contribution in [-0.2, 0) is 9.53 Å². The Morgan fingerprint density at radius 2 is 1.82 bits per heavy atom. The molecule has 1 N–H and O–H groups in total. The normalized spacial score (nSPS) is 22.5. The van der Waals surface area contributed by atoms with Gasteiger partial charge in [0.05, 0.1) is 11.6 Å². The van der Waals surface area contributed by atoms with Crippen LogP contribution >= 0.6 is 0 Å². The molecule has 1 aliphatic heterocycles. The number of rotatable bonds is 4. The van der Waals surface area contributed by atoms with E-state index in [1.54, 1.807) is 24.3 Å². The Bertz CT molecular complexity index is 908. The van der Waals surface area contributed by atoms with Gasteiger partial charge in [0, 0.05) is 12.8 Å². The lowest BCUT2D eigenvalue weighted by molar-refractivity contribution is -0.119. The molecule has 2 aromatic rings. The molecule has 1 heterocycles. The van der Waals surface area contributed by atoms with E-state index < -0.39 is 0 Å². The first-order valence-electron chi connectivity index (χ1n) is 9.21. The van der Waals surface area contributed by atoms with Gasteiger partial charge in [-0.15, -0.1) is 0 Å². The quantitative estimate of drug-likeness (QED) is 0.652. The number of esters is 1. The molecule has 28 heavy (non-hydrogen) atoms. The van der Waals surface area contributed by atoms with Crippen molar-refractivity contribution in [2.75, 3.05) is 6.79 Å². The van der Waals surface area contributed by atoms with Gasteiger partial charge in [-0.2, -0.15) is 0 Å². The zero-order valence-electron chi connectivity index (χ0n) is 15.5. The van der Waals surface area contributed by atoms with E-state index in [-0.39, 0.29) is 36.7 Å². The van der Waals surface area contributed by atoms with Crippen molar-refractivity contribution in [1.82, 2.24) is 5.32 Å². The minimum absolute atomic E-state index is 0.0584. The fourth-order valence-electron chi connectivity index (χ4n) is 3.59. The maximum absolute atomic E-state index is 12.4. The molecule has 6 heteroatoms. The zero-order valence-corrected chi connectivity index (χ0v) is 15.5. The van der Waals surface area contributed by atoms with Gasteiger partial charge < -0.3 is 19.5 Å². The van der Waals surface area contributed by atoms with E-state index in [0.717, 1.165) is 5.56 Å². The Balaban J connectivity index is 1.55. The van der Waals surface area contributed by atoms with Crippen LogP contribution in [0.1, 0.15) is 35.2 Å². The summed E-state index contributed by atoms with van der Waals surface area (Å²) in [5, 5.41) is 2.97. The standard InChI is InChI=1S/C22H21NO5/c1-14(24)23-19-9-8-17(28-22(25)15-5-3-2-4-6-15)12-18(19)16-7-10-20-21(11-16)27-13-26-20/h2-11,17-19H,12-13H2,1H3,(H,23,24)/t17-,18-,19+/m1/s1. The van der Waals surface area contributed by atoms with Crippen LogP contribution in [0.4, 0.5) is 0 Å². The monoisotopic (exact) mass is 379 g/mol. The van der Waals surface area contributed by atoms with Crippen molar-refractivity contribution >= 4 is 11.9 Å². The molecule has 2 aromatic carbocycles. The largest absolute Gasteiger partial charge is 0.455 e. The van der Waals surface area contributed by atoms with Crippen molar-refractivity contribution in [3.8, 4) is 11.5 Å². The van der Waals surface area contributed by atoms with Gasteiger partial charge in [-0.05, 0) is 42.3 Å². The van der Waals surface area contributed by atoms with E-state index in [1.807, 2.05) is 36.4 Å². The lowest BCUT2D eigenvalue weighted by atomic mass is 9.82. The predicted molar refractivity (Wildman–Crippen MR) is 102 cm³/mol. The molecule has 144 valence electrons. The van der Waals surface area contributed by atoms with Crippen molar-refractivity contribution in [3.05, 3.63) is 71.8 Å². The van der Waals surface area contributed by atoms with Crippen molar-refractivity contribution < 1.29 is 23.8 Å². The topological polar surface area (TPSA) is 73.9 Å². The zero-order chi connectivity index (χ0) is 19.5. The molecule has 0 spiro atoms. The van der Waals surface area contributed by atoms with Crippen LogP contribution in [0.15, 0.2) is 60.7 Å². The molecule has 6 nitrogen and oxygen atoms in total. The first kappa shape index (κ1) is 18.1. The summed E-state index contributed by atoms with van der Waals surface area (Å²) >= 11 is 0. The molecule has 0 fully saturated rings. The number of benzene rings is 2. The third-order valence-corrected chi connectivity index (χ3v) is 4.92. The summed E-state index contributed by atoms with van der Waals surface area (Å²) in [4.78, 5) is 24.1. The van der Waals surface area contributed by atoms with Crippen molar-refractivity contribution in [3.63, 3.8) is 0 Å². The number of carbonyl (C=O) groups is 2. The highest BCUT2D eigenvalue weighted by Gasteiger charge is 2.31. The number of amides is 1. The average molecular weight is 379 g/mol. The van der Waals surface area contributed by atoms with Crippen LogP contribution < -0.4 is 14.8 Å². The Labute approximate surface area is 163 Å². The van der Waals surface area contributed by atoms with Crippen molar-refractivity contribution in [2.45, 2.75) is 31.4 Å². The Morgan fingerprint density at radius 3 is 2.61 bits per heavy atom. The van der Waals surface area contributed by atoms with Gasteiger partial charge >= 0.3 is 5.97 Å². The molecule has 1 aliphatic carbocycles. The SMILES string of the molecule is CC(=O)N[C@H]1C=C[C@@H](OC(=O)c2ccccc2)C[C@@H]1c1ccc2c(c1)OCO2. The molecule has 0 saturated heterocycles. The molecule has 4 rings (SSSR count). The summed E-state index contributed by atoms with van der Waals surface area (Å²) in [6.07, 6.45) is 3.90. The Kier molecular flexibility index (Phi) is 5.02. The minimum atomic E-state index is -0.381. The predicted octanol–water partition coefficient (Wildman–Crippen LogP) is 3.19. The van der Waals surface area contributed by atoms with E-state index in [2.05, 4.69) is 5.32 Å². The van der Waals surface area contributed by atoms with Crippen LogP contribution in [0.3, 0.4) is 0 Å². The summed E-state index contributed by atoms with van der Waals surface area (Å²) in [5.41, 5.74) is 1.51. The van der Waals surface area contributed by atoms with Gasteiger partial charge in [0.2, 0.25) is 12.7 Å². The number of ether oxygens (including phenoxy) is 3. The Hall–Kier alpha value is -3.28. The third kappa shape index (κ3) is 3.86. The van der Waals surface area contributed by atoms with E-state index in [1.165, 1.54) is 6.92 Å². The highest BCUT2D eigenvalue weighted by atomic mass is 16.7. The minimum Gasteiger partial charge on any atom is -0.455 e. The smallest absolute Gasteiger partial charge is 0.338 e. The summed E-state index contributed by atoms with van der Waals surface area (Å²) in [7, 11) is 0. The second-order valence-electron chi connectivity index (χ2n) is 6.88. The summed E-state index contributed by atoms with van der Waals surface area (Å²) < 4.78 is 16.5. The highest BCUT2D eigenvalue weighted by Crippen LogP contribution is 2.38. The number of hydrogen-bond donors (Lipinski definition) is 1. The van der Waals surface area contributed by atoms with Crippen LogP contribution in [0.5, 0.6) is 11.5 Å². The molecule has 3 atom stereocenters. The molecule has 0 aromatic heterocycles. The van der Waals surface area contributed by atoms with Crippen LogP contribution in [-0.4, -0.2) is 30.8 Å². The van der Waals surface area contributed by atoms with Crippen molar-refractivity contribution in [1.29, 1.82) is 0 Å². The van der Waals surface area contributed by atoms with Gasteiger partial charge in [0.15, 0.2) is 11.5 Å². The van der Waals surface area contributed by atoms with Gasteiger partial charge in [0.1, 0.15) is 6.10 Å². The van der Waals surface area contributed by atoms with Crippen molar-refractivity contribution in [2.24, 2.45) is 0 Å². The fourth-order valence-corrected chi connectivity index (χ4v) is 3.59. The van der Waals surface area contributed by atoms with E-state index >= 15 is 0 Å². The molecular weight excluding hydrogens is 358 g/mol. The van der Waals surface area contributed by atoms with Gasteiger partial charge in [-0.25, -0.2) is 4.79 Å². The molecular formula is C22H21NO5. The summed E-state index contributed by atoms with van der Waals surface area (Å²) in [5.74, 6) is 0.861. The first-order valence-corrected chi connectivity index (χ1v) is 9.21. The average Bonchev–Trinajstić information content (AvgIpc) is 3.17. The Morgan fingerprint density at radius 1 is 1.04 bits per heavy atom. The maximum Gasteiger partial charge on any atom is 0.338 e. The second-order valence-corrected chi connectivity index (χ2v) is 6.88. The summed E-state index contributed by atoms with van der Waals surface area (Å²) in [6, 6.07) is 14.5. The molecule has 0 saturated carbocycles.